The van der Waals surface area contributed by atoms with Crippen molar-refractivity contribution < 1.29 is 14.4 Å². The lowest BCUT2D eigenvalue weighted by molar-refractivity contribution is -0.122. The van der Waals surface area contributed by atoms with E-state index in [-0.39, 0.29) is 29.6 Å². The summed E-state index contributed by atoms with van der Waals surface area (Å²) in [6.07, 6.45) is 5.68. The molecule has 0 spiro atoms. The Hall–Kier alpha value is -2.17. The van der Waals surface area contributed by atoms with E-state index in [2.05, 4.69) is 6.92 Å². The van der Waals surface area contributed by atoms with Crippen molar-refractivity contribution in [3.8, 4) is 0 Å². The molecule has 2 saturated heterocycles. The van der Waals surface area contributed by atoms with Crippen LogP contribution in [0.3, 0.4) is 0 Å². The number of rotatable bonds is 2. The number of imide groups is 1. The van der Waals surface area contributed by atoms with Gasteiger partial charge in [0.1, 0.15) is 0 Å². The smallest absolute Gasteiger partial charge is 0.253 e. The van der Waals surface area contributed by atoms with Crippen LogP contribution in [0.25, 0.3) is 0 Å². The number of benzene rings is 1. The fraction of sp³-hybridized carbons (Fsp3) is 0.571. The number of nitrogens with zero attached hydrogens (tertiary/aromatic N) is 2. The first-order valence-electron chi connectivity index (χ1n) is 9.83. The molecule has 1 aliphatic carbocycles. The van der Waals surface area contributed by atoms with Gasteiger partial charge in [0.25, 0.3) is 5.91 Å². The summed E-state index contributed by atoms with van der Waals surface area (Å²) in [5, 5.41) is 0. The van der Waals surface area contributed by atoms with E-state index in [1.165, 1.54) is 4.90 Å². The number of fused-ring (bicyclic) bond motifs is 1. The third-order valence-electron chi connectivity index (χ3n) is 6.26. The van der Waals surface area contributed by atoms with Crippen LogP contribution in [0.2, 0.25) is 0 Å². The largest absolute Gasteiger partial charge is 0.339 e. The zero-order chi connectivity index (χ0) is 18.3. The predicted octanol–water partition coefficient (Wildman–Crippen LogP) is 3.24. The molecule has 3 fully saturated rings. The minimum absolute atomic E-state index is 0.00439. The molecule has 1 aromatic rings. The zero-order valence-electron chi connectivity index (χ0n) is 15.3. The highest BCUT2D eigenvalue weighted by Gasteiger charge is 2.48. The summed E-state index contributed by atoms with van der Waals surface area (Å²) in [7, 11) is 0. The highest BCUT2D eigenvalue weighted by Crippen LogP contribution is 2.40. The van der Waals surface area contributed by atoms with Crippen LogP contribution in [0.5, 0.6) is 0 Å². The van der Waals surface area contributed by atoms with Crippen LogP contribution in [-0.4, -0.2) is 35.7 Å². The number of hydrogen-bond acceptors (Lipinski definition) is 3. The third-order valence-corrected chi connectivity index (χ3v) is 6.26. The van der Waals surface area contributed by atoms with Crippen molar-refractivity contribution in [3.63, 3.8) is 0 Å². The standard InChI is InChI=1S/C21H26N2O3/c1-14-9-11-22(12-10-14)19(24)15-5-4-6-16(13-15)23-20(25)17-7-2-3-8-18(17)21(23)26/h4-6,13-14,17-18H,2-3,7-12H2,1H3. The molecule has 4 rings (SSSR count). The van der Waals surface area contributed by atoms with E-state index in [9.17, 15) is 14.4 Å². The maximum atomic E-state index is 12.8. The summed E-state index contributed by atoms with van der Waals surface area (Å²) in [6, 6.07) is 7.04. The molecule has 2 heterocycles. The summed E-state index contributed by atoms with van der Waals surface area (Å²) in [5.41, 5.74) is 1.11. The van der Waals surface area contributed by atoms with Crippen LogP contribution < -0.4 is 4.90 Å². The van der Waals surface area contributed by atoms with Gasteiger partial charge in [0.2, 0.25) is 11.8 Å². The molecule has 5 heteroatoms. The summed E-state index contributed by atoms with van der Waals surface area (Å²) in [6.45, 7) is 3.76. The van der Waals surface area contributed by atoms with Gasteiger partial charge in [-0.3, -0.25) is 19.3 Å². The minimum Gasteiger partial charge on any atom is -0.339 e. The molecular formula is C21H26N2O3. The second-order valence-corrected chi connectivity index (χ2v) is 8.03. The molecule has 0 bridgehead atoms. The second kappa shape index (κ2) is 6.86. The first-order chi connectivity index (χ1) is 12.6. The third kappa shape index (κ3) is 2.93. The molecule has 5 nitrogen and oxygen atoms in total. The van der Waals surface area contributed by atoms with Gasteiger partial charge in [0.15, 0.2) is 0 Å². The minimum atomic E-state index is -0.167. The van der Waals surface area contributed by atoms with Crippen LogP contribution in [-0.2, 0) is 9.59 Å². The quantitative estimate of drug-likeness (QED) is 0.766. The number of likely N-dealkylation sites (tertiary alicyclic amines) is 1. The van der Waals surface area contributed by atoms with Crippen LogP contribution in [0, 0.1) is 17.8 Å². The van der Waals surface area contributed by atoms with Crippen molar-refractivity contribution in [2.45, 2.75) is 45.4 Å². The first kappa shape index (κ1) is 17.3. The van der Waals surface area contributed by atoms with Gasteiger partial charge in [-0.25, -0.2) is 0 Å². The zero-order valence-corrected chi connectivity index (χ0v) is 15.3. The lowest BCUT2D eigenvalue weighted by atomic mass is 9.81. The predicted molar refractivity (Wildman–Crippen MR) is 98.7 cm³/mol. The van der Waals surface area contributed by atoms with Gasteiger partial charge < -0.3 is 4.90 Å². The Morgan fingerprint density at radius 3 is 2.19 bits per heavy atom. The number of carbonyl (C=O) groups excluding carboxylic acids is 3. The van der Waals surface area contributed by atoms with Crippen molar-refractivity contribution >= 4 is 23.4 Å². The molecule has 2 unspecified atom stereocenters. The van der Waals surface area contributed by atoms with Gasteiger partial charge in [-0.1, -0.05) is 25.8 Å². The van der Waals surface area contributed by atoms with Crippen molar-refractivity contribution in [1.82, 2.24) is 4.90 Å². The van der Waals surface area contributed by atoms with Crippen molar-refractivity contribution in [3.05, 3.63) is 29.8 Å². The summed E-state index contributed by atoms with van der Waals surface area (Å²) in [5.74, 6) is 0.148. The molecule has 3 aliphatic rings. The fourth-order valence-electron chi connectivity index (χ4n) is 4.59. The van der Waals surface area contributed by atoms with Gasteiger partial charge >= 0.3 is 0 Å². The normalized spacial score (nSPS) is 27.0. The molecule has 138 valence electrons. The highest BCUT2D eigenvalue weighted by molar-refractivity contribution is 6.22. The highest BCUT2D eigenvalue weighted by atomic mass is 16.2. The van der Waals surface area contributed by atoms with Crippen molar-refractivity contribution in [2.24, 2.45) is 17.8 Å². The Labute approximate surface area is 154 Å². The second-order valence-electron chi connectivity index (χ2n) is 8.03. The van der Waals surface area contributed by atoms with Gasteiger partial charge in [-0.05, 0) is 49.8 Å². The van der Waals surface area contributed by atoms with E-state index in [1.807, 2.05) is 4.90 Å². The van der Waals surface area contributed by atoms with Crippen LogP contribution in [0.4, 0.5) is 5.69 Å². The van der Waals surface area contributed by atoms with Gasteiger partial charge in [-0.15, -0.1) is 0 Å². The van der Waals surface area contributed by atoms with Gasteiger partial charge in [0.05, 0.1) is 17.5 Å². The van der Waals surface area contributed by atoms with Gasteiger partial charge in [0, 0.05) is 18.7 Å². The molecule has 2 aliphatic heterocycles. The average molecular weight is 354 g/mol. The lowest BCUT2D eigenvalue weighted by Crippen LogP contribution is -2.38. The van der Waals surface area contributed by atoms with Crippen LogP contribution in [0.1, 0.15) is 55.8 Å². The van der Waals surface area contributed by atoms with Crippen molar-refractivity contribution in [2.75, 3.05) is 18.0 Å². The Bertz CT molecular complexity index is 713. The summed E-state index contributed by atoms with van der Waals surface area (Å²) < 4.78 is 0. The maximum Gasteiger partial charge on any atom is 0.253 e. The molecular weight excluding hydrogens is 328 g/mol. The van der Waals surface area contributed by atoms with E-state index < -0.39 is 0 Å². The van der Waals surface area contributed by atoms with E-state index in [4.69, 9.17) is 0 Å². The molecule has 0 radical (unpaired) electrons. The van der Waals surface area contributed by atoms with Crippen molar-refractivity contribution in [1.29, 1.82) is 0 Å². The first-order valence-corrected chi connectivity index (χ1v) is 9.83. The molecule has 26 heavy (non-hydrogen) atoms. The maximum absolute atomic E-state index is 12.8. The monoisotopic (exact) mass is 354 g/mol. The molecule has 1 aromatic carbocycles. The van der Waals surface area contributed by atoms with E-state index in [1.54, 1.807) is 24.3 Å². The lowest BCUT2D eigenvalue weighted by Gasteiger charge is -2.30. The topological polar surface area (TPSA) is 57.7 Å². The van der Waals surface area contributed by atoms with Crippen LogP contribution >= 0.6 is 0 Å². The molecule has 1 saturated carbocycles. The Balaban J connectivity index is 1.57. The average Bonchev–Trinajstić information content (AvgIpc) is 2.93. The number of carbonyl (C=O) groups is 3. The van der Waals surface area contributed by atoms with Gasteiger partial charge in [-0.2, -0.15) is 0 Å². The number of anilines is 1. The summed E-state index contributed by atoms with van der Waals surface area (Å²) >= 11 is 0. The number of piperidine rings is 1. The molecule has 0 N–H and O–H groups in total. The molecule has 0 aromatic heterocycles. The fourth-order valence-corrected chi connectivity index (χ4v) is 4.59. The van der Waals surface area contributed by atoms with E-state index in [0.717, 1.165) is 51.6 Å². The Morgan fingerprint density at radius 1 is 0.962 bits per heavy atom. The van der Waals surface area contributed by atoms with E-state index >= 15 is 0 Å². The molecule has 2 atom stereocenters. The SMILES string of the molecule is CC1CCN(C(=O)c2cccc(N3C(=O)C4CCCCC4C3=O)c2)CC1. The summed E-state index contributed by atoms with van der Waals surface area (Å²) in [4.78, 5) is 41.6. The van der Waals surface area contributed by atoms with Crippen LogP contribution in [0.15, 0.2) is 24.3 Å². The Morgan fingerprint density at radius 2 is 1.58 bits per heavy atom. The molecule has 3 amide bonds. The van der Waals surface area contributed by atoms with E-state index in [0.29, 0.717) is 17.2 Å². The Kier molecular flexibility index (Phi) is 4.55. The number of amides is 3. The number of hydrogen-bond donors (Lipinski definition) is 0.